The van der Waals surface area contributed by atoms with Gasteiger partial charge in [0, 0.05) is 12.0 Å². The van der Waals surface area contributed by atoms with E-state index in [0.717, 1.165) is 44.4 Å². The summed E-state index contributed by atoms with van der Waals surface area (Å²) in [6.07, 6.45) is 5.37. The van der Waals surface area contributed by atoms with Gasteiger partial charge in [-0.2, -0.15) is 5.10 Å². The van der Waals surface area contributed by atoms with Crippen molar-refractivity contribution >= 4 is 23.1 Å². The Morgan fingerprint density at radius 2 is 1.83 bits per heavy atom. The van der Waals surface area contributed by atoms with Crippen LogP contribution < -0.4 is 0 Å². The van der Waals surface area contributed by atoms with Crippen LogP contribution in [0.4, 0.5) is 0 Å². The van der Waals surface area contributed by atoms with Gasteiger partial charge in [0.05, 0.1) is 11.2 Å². The van der Waals surface area contributed by atoms with Crippen LogP contribution in [0.2, 0.25) is 0 Å². The SMILES string of the molecule is Cc1c(-c2ccc3[nH]nc(/C=C/c4ccccc4)c3c2)ccc(CCCO)c1O. The lowest BCUT2D eigenvalue weighted by atomic mass is 9.94. The van der Waals surface area contributed by atoms with Crippen molar-refractivity contribution in [2.45, 2.75) is 19.8 Å². The van der Waals surface area contributed by atoms with Gasteiger partial charge in [-0.1, -0.05) is 54.6 Å². The number of phenolic OH excluding ortho intramolecular Hbond substituents is 1. The predicted molar refractivity (Wildman–Crippen MR) is 119 cm³/mol. The highest BCUT2D eigenvalue weighted by Gasteiger charge is 2.12. The van der Waals surface area contributed by atoms with Crippen molar-refractivity contribution in [2.75, 3.05) is 6.61 Å². The Labute approximate surface area is 170 Å². The van der Waals surface area contributed by atoms with Crippen LogP contribution in [0, 0.1) is 6.92 Å². The molecule has 0 aliphatic rings. The van der Waals surface area contributed by atoms with E-state index in [9.17, 15) is 5.11 Å². The standard InChI is InChI=1S/C25H24N2O2/c1-17-21(12-10-19(25(17)29)8-5-15-28)20-11-14-24-22(16-20)23(26-27-24)13-9-18-6-3-2-4-7-18/h2-4,6-7,9-14,16,28-29H,5,8,15H2,1H3,(H,26,27)/b13-9+. The number of aromatic nitrogens is 2. The van der Waals surface area contributed by atoms with E-state index in [1.165, 1.54) is 0 Å². The number of benzene rings is 3. The molecule has 0 radical (unpaired) electrons. The van der Waals surface area contributed by atoms with Crippen LogP contribution >= 0.6 is 0 Å². The molecule has 29 heavy (non-hydrogen) atoms. The van der Waals surface area contributed by atoms with Crippen LogP contribution in [0.1, 0.15) is 28.8 Å². The lowest BCUT2D eigenvalue weighted by Gasteiger charge is -2.12. The maximum atomic E-state index is 10.6. The lowest BCUT2D eigenvalue weighted by molar-refractivity contribution is 0.288. The summed E-state index contributed by atoms with van der Waals surface area (Å²) in [7, 11) is 0. The third-order valence-electron chi connectivity index (χ3n) is 5.26. The highest BCUT2D eigenvalue weighted by Crippen LogP contribution is 2.34. The highest BCUT2D eigenvalue weighted by atomic mass is 16.3. The van der Waals surface area contributed by atoms with Crippen molar-refractivity contribution in [1.29, 1.82) is 0 Å². The van der Waals surface area contributed by atoms with Gasteiger partial charge >= 0.3 is 0 Å². The van der Waals surface area contributed by atoms with Gasteiger partial charge < -0.3 is 10.2 Å². The molecule has 0 spiro atoms. The van der Waals surface area contributed by atoms with Gasteiger partial charge in [-0.15, -0.1) is 0 Å². The van der Waals surface area contributed by atoms with Crippen molar-refractivity contribution in [2.24, 2.45) is 0 Å². The van der Waals surface area contributed by atoms with Gasteiger partial charge in [0.1, 0.15) is 5.75 Å². The monoisotopic (exact) mass is 384 g/mol. The van der Waals surface area contributed by atoms with Gasteiger partial charge in [-0.25, -0.2) is 0 Å². The highest BCUT2D eigenvalue weighted by molar-refractivity contribution is 5.93. The maximum absolute atomic E-state index is 10.6. The summed E-state index contributed by atoms with van der Waals surface area (Å²) >= 11 is 0. The fourth-order valence-corrected chi connectivity index (χ4v) is 3.61. The number of phenols is 1. The van der Waals surface area contributed by atoms with Crippen LogP contribution in [-0.2, 0) is 6.42 Å². The molecule has 4 heteroatoms. The molecule has 0 aliphatic heterocycles. The average molecular weight is 384 g/mol. The van der Waals surface area contributed by atoms with Crippen LogP contribution in [-0.4, -0.2) is 27.0 Å². The van der Waals surface area contributed by atoms with Crippen molar-refractivity contribution < 1.29 is 10.2 Å². The Bertz CT molecular complexity index is 1160. The normalized spacial score (nSPS) is 11.5. The van der Waals surface area contributed by atoms with Gasteiger partial charge in [-0.05, 0) is 65.8 Å². The smallest absolute Gasteiger partial charge is 0.122 e. The molecule has 4 nitrogen and oxygen atoms in total. The molecule has 0 atom stereocenters. The van der Waals surface area contributed by atoms with E-state index in [2.05, 4.69) is 34.5 Å². The summed E-state index contributed by atoms with van der Waals surface area (Å²) in [5.41, 5.74) is 6.74. The molecule has 0 saturated heterocycles. The summed E-state index contributed by atoms with van der Waals surface area (Å²) in [5.74, 6) is 0.312. The molecular formula is C25H24N2O2. The number of rotatable bonds is 6. The molecule has 0 amide bonds. The van der Waals surface area contributed by atoms with E-state index in [-0.39, 0.29) is 6.61 Å². The van der Waals surface area contributed by atoms with Crippen molar-refractivity contribution in [3.05, 3.63) is 83.0 Å². The van der Waals surface area contributed by atoms with Gasteiger partial charge in [0.15, 0.2) is 0 Å². The average Bonchev–Trinajstić information content (AvgIpc) is 3.16. The molecule has 4 aromatic rings. The first-order valence-electron chi connectivity index (χ1n) is 9.81. The molecule has 3 aromatic carbocycles. The minimum atomic E-state index is 0.122. The van der Waals surface area contributed by atoms with E-state index in [4.69, 9.17) is 5.11 Å². The maximum Gasteiger partial charge on any atom is 0.122 e. The van der Waals surface area contributed by atoms with Gasteiger partial charge in [0.2, 0.25) is 0 Å². The van der Waals surface area contributed by atoms with E-state index >= 15 is 0 Å². The number of hydrogen-bond donors (Lipinski definition) is 3. The molecule has 1 heterocycles. The fraction of sp³-hybridized carbons (Fsp3) is 0.160. The summed E-state index contributed by atoms with van der Waals surface area (Å²) in [4.78, 5) is 0. The van der Waals surface area contributed by atoms with Crippen LogP contribution in [0.15, 0.2) is 60.7 Å². The molecule has 146 valence electrons. The molecule has 0 saturated carbocycles. The van der Waals surface area contributed by atoms with Gasteiger partial charge in [0.25, 0.3) is 0 Å². The summed E-state index contributed by atoms with van der Waals surface area (Å²) < 4.78 is 0. The van der Waals surface area contributed by atoms with Crippen molar-refractivity contribution in [3.8, 4) is 16.9 Å². The molecule has 0 unspecified atom stereocenters. The third kappa shape index (κ3) is 3.93. The second-order valence-electron chi connectivity index (χ2n) is 7.19. The number of fused-ring (bicyclic) bond motifs is 1. The quantitative estimate of drug-likeness (QED) is 0.420. The van der Waals surface area contributed by atoms with Crippen LogP contribution in [0.3, 0.4) is 0 Å². The molecule has 4 rings (SSSR count). The van der Waals surface area contributed by atoms with E-state index in [0.29, 0.717) is 18.6 Å². The first kappa shape index (κ1) is 19.0. The molecule has 0 fully saturated rings. The largest absolute Gasteiger partial charge is 0.507 e. The summed E-state index contributed by atoms with van der Waals surface area (Å²) in [6.45, 7) is 2.06. The number of nitrogens with one attached hydrogen (secondary N) is 1. The number of aliphatic hydroxyl groups is 1. The van der Waals surface area contributed by atoms with Crippen LogP contribution in [0.5, 0.6) is 5.75 Å². The Balaban J connectivity index is 1.71. The molecule has 1 aromatic heterocycles. The summed E-state index contributed by atoms with van der Waals surface area (Å²) in [5, 5.41) is 28.2. The zero-order valence-electron chi connectivity index (χ0n) is 16.4. The topological polar surface area (TPSA) is 69.1 Å². The molecular weight excluding hydrogens is 360 g/mol. The molecule has 0 aliphatic carbocycles. The number of aromatic amines is 1. The number of H-pyrrole nitrogens is 1. The Morgan fingerprint density at radius 3 is 2.62 bits per heavy atom. The van der Waals surface area contributed by atoms with Crippen molar-refractivity contribution in [3.63, 3.8) is 0 Å². The van der Waals surface area contributed by atoms with E-state index in [1.807, 2.05) is 55.5 Å². The first-order valence-corrected chi connectivity index (χ1v) is 9.81. The zero-order valence-corrected chi connectivity index (χ0v) is 16.4. The minimum absolute atomic E-state index is 0.122. The number of nitrogens with zero attached hydrogens (tertiary/aromatic N) is 1. The minimum Gasteiger partial charge on any atom is -0.507 e. The van der Waals surface area contributed by atoms with E-state index in [1.54, 1.807) is 0 Å². The molecule has 3 N–H and O–H groups in total. The lowest BCUT2D eigenvalue weighted by Crippen LogP contribution is -1.93. The number of aryl methyl sites for hydroxylation is 1. The number of aliphatic hydroxyl groups excluding tert-OH is 1. The summed E-state index contributed by atoms with van der Waals surface area (Å²) in [6, 6.07) is 20.3. The Hall–Kier alpha value is -3.37. The Kier molecular flexibility index (Phi) is 5.45. The second kappa shape index (κ2) is 8.33. The number of aromatic hydroxyl groups is 1. The predicted octanol–water partition coefficient (Wildman–Crippen LogP) is 5.34. The van der Waals surface area contributed by atoms with Crippen molar-refractivity contribution in [1.82, 2.24) is 10.2 Å². The zero-order chi connectivity index (χ0) is 20.2. The van der Waals surface area contributed by atoms with E-state index < -0.39 is 0 Å². The van der Waals surface area contributed by atoms with Gasteiger partial charge in [-0.3, -0.25) is 5.10 Å². The fourth-order valence-electron chi connectivity index (χ4n) is 3.61. The number of hydrogen-bond acceptors (Lipinski definition) is 3. The molecule has 0 bridgehead atoms. The Morgan fingerprint density at radius 1 is 1.00 bits per heavy atom. The van der Waals surface area contributed by atoms with Crippen LogP contribution in [0.25, 0.3) is 34.2 Å². The first-order chi connectivity index (χ1) is 14.2. The third-order valence-corrected chi connectivity index (χ3v) is 5.26. The second-order valence-corrected chi connectivity index (χ2v) is 7.19.